The van der Waals surface area contributed by atoms with Crippen molar-refractivity contribution in [2.45, 2.75) is 31.9 Å². The zero-order chi connectivity index (χ0) is 15.0. The summed E-state index contributed by atoms with van der Waals surface area (Å²) in [4.78, 5) is 23.4. The molecule has 1 rings (SSSR count). The summed E-state index contributed by atoms with van der Waals surface area (Å²) < 4.78 is 0. The van der Waals surface area contributed by atoms with Gasteiger partial charge in [-0.2, -0.15) is 0 Å². The van der Waals surface area contributed by atoms with Crippen molar-refractivity contribution < 1.29 is 14.7 Å². The Labute approximate surface area is 124 Å². The number of thioether (sulfide) groups is 1. The third-order valence-corrected chi connectivity index (χ3v) is 3.65. The number of Topliss-reactive ketones (excluding diaryl/α,β-unsaturated/α-hetero) is 1. The molecule has 0 heterocycles. The maximum atomic E-state index is 11.8. The molecule has 0 saturated carbocycles. The smallest absolute Gasteiger partial charge is 0.208 e. The standard InChI is InChI=1S/C15H21NO3S/c1-11(17)14(15(19)20-2)16-10-13(18)9-8-12-6-4-3-5-7-12/h3-7,11,14,16-17H,8-10H2,1-2H3/t11-,14-/m1/s1. The normalized spacial score (nSPS) is 13.8. The molecule has 20 heavy (non-hydrogen) atoms. The maximum absolute atomic E-state index is 11.8. The van der Waals surface area contributed by atoms with Crippen LogP contribution in [0.3, 0.4) is 0 Å². The fourth-order valence-electron chi connectivity index (χ4n) is 1.82. The van der Waals surface area contributed by atoms with Crippen molar-refractivity contribution in [1.29, 1.82) is 0 Å². The van der Waals surface area contributed by atoms with E-state index in [9.17, 15) is 14.7 Å². The summed E-state index contributed by atoms with van der Waals surface area (Å²) in [5, 5.41) is 12.2. The summed E-state index contributed by atoms with van der Waals surface area (Å²) in [7, 11) is 0. The highest BCUT2D eigenvalue weighted by Gasteiger charge is 2.22. The Morgan fingerprint density at radius 2 is 1.95 bits per heavy atom. The predicted octanol–water partition coefficient (Wildman–Crippen LogP) is 1.42. The van der Waals surface area contributed by atoms with E-state index in [2.05, 4.69) is 5.32 Å². The van der Waals surface area contributed by atoms with Crippen LogP contribution < -0.4 is 5.32 Å². The summed E-state index contributed by atoms with van der Waals surface area (Å²) in [5.41, 5.74) is 1.12. The van der Waals surface area contributed by atoms with Gasteiger partial charge in [0.2, 0.25) is 5.12 Å². The van der Waals surface area contributed by atoms with Gasteiger partial charge in [-0.1, -0.05) is 42.1 Å². The second kappa shape index (κ2) is 8.89. The van der Waals surface area contributed by atoms with Crippen LogP contribution in [0.4, 0.5) is 0 Å². The molecular formula is C15H21NO3S. The summed E-state index contributed by atoms with van der Waals surface area (Å²) >= 11 is 1.05. The highest BCUT2D eigenvalue weighted by molar-refractivity contribution is 8.13. The van der Waals surface area contributed by atoms with E-state index in [0.29, 0.717) is 12.8 Å². The van der Waals surface area contributed by atoms with Crippen LogP contribution in [0.15, 0.2) is 30.3 Å². The van der Waals surface area contributed by atoms with E-state index in [4.69, 9.17) is 0 Å². The number of aliphatic hydroxyl groups is 1. The average molecular weight is 295 g/mol. The molecule has 0 bridgehead atoms. The number of hydrogen-bond acceptors (Lipinski definition) is 5. The summed E-state index contributed by atoms with van der Waals surface area (Å²) in [6.45, 7) is 1.65. The third-order valence-electron chi connectivity index (χ3n) is 2.99. The lowest BCUT2D eigenvalue weighted by Crippen LogP contribution is -2.45. The molecule has 0 aliphatic heterocycles. The molecule has 0 aliphatic carbocycles. The molecular weight excluding hydrogens is 274 g/mol. The van der Waals surface area contributed by atoms with Gasteiger partial charge in [-0.05, 0) is 25.2 Å². The molecule has 0 aromatic heterocycles. The number of aryl methyl sites for hydroxylation is 1. The van der Waals surface area contributed by atoms with Crippen LogP contribution in [-0.2, 0) is 16.0 Å². The van der Waals surface area contributed by atoms with Crippen LogP contribution in [0.5, 0.6) is 0 Å². The van der Waals surface area contributed by atoms with Gasteiger partial charge >= 0.3 is 0 Å². The summed E-state index contributed by atoms with van der Waals surface area (Å²) in [6, 6.07) is 9.10. The lowest BCUT2D eigenvalue weighted by Gasteiger charge is -2.18. The van der Waals surface area contributed by atoms with Crippen molar-refractivity contribution in [1.82, 2.24) is 5.32 Å². The molecule has 110 valence electrons. The first-order valence-corrected chi connectivity index (χ1v) is 7.82. The fraction of sp³-hybridized carbons (Fsp3) is 0.467. The minimum Gasteiger partial charge on any atom is -0.391 e. The Bertz CT molecular complexity index is 434. The average Bonchev–Trinajstić information content (AvgIpc) is 2.45. The molecule has 1 aromatic carbocycles. The zero-order valence-corrected chi connectivity index (χ0v) is 12.7. The van der Waals surface area contributed by atoms with Crippen molar-refractivity contribution >= 4 is 22.7 Å². The van der Waals surface area contributed by atoms with Crippen LogP contribution in [0, 0.1) is 0 Å². The van der Waals surface area contributed by atoms with E-state index in [1.54, 1.807) is 13.2 Å². The van der Waals surface area contributed by atoms with Crippen LogP contribution in [-0.4, -0.2) is 41.0 Å². The second-order valence-corrected chi connectivity index (χ2v) is 5.46. The van der Waals surface area contributed by atoms with Gasteiger partial charge < -0.3 is 5.11 Å². The minimum atomic E-state index is -0.808. The largest absolute Gasteiger partial charge is 0.391 e. The number of ketones is 1. The molecule has 0 aliphatic rings. The molecule has 5 heteroatoms. The molecule has 0 spiro atoms. The number of hydrogen-bond donors (Lipinski definition) is 2. The monoisotopic (exact) mass is 295 g/mol. The lowest BCUT2D eigenvalue weighted by atomic mass is 10.1. The summed E-state index contributed by atoms with van der Waals surface area (Å²) in [6.07, 6.45) is 1.97. The number of rotatable bonds is 8. The molecule has 0 amide bonds. The van der Waals surface area contributed by atoms with E-state index in [0.717, 1.165) is 17.3 Å². The maximum Gasteiger partial charge on any atom is 0.208 e. The first-order chi connectivity index (χ1) is 9.54. The third kappa shape index (κ3) is 5.86. The van der Waals surface area contributed by atoms with E-state index >= 15 is 0 Å². The van der Waals surface area contributed by atoms with Crippen molar-refractivity contribution in [2.24, 2.45) is 0 Å². The van der Waals surface area contributed by atoms with E-state index < -0.39 is 12.1 Å². The molecule has 2 atom stereocenters. The number of benzene rings is 1. The molecule has 0 radical (unpaired) electrons. The second-order valence-electron chi connectivity index (χ2n) is 4.65. The van der Waals surface area contributed by atoms with Crippen LogP contribution in [0.1, 0.15) is 18.9 Å². The number of carbonyl (C=O) groups excluding carboxylic acids is 2. The first kappa shape index (κ1) is 16.9. The van der Waals surface area contributed by atoms with Gasteiger partial charge in [-0.25, -0.2) is 0 Å². The molecule has 2 N–H and O–H groups in total. The van der Waals surface area contributed by atoms with Crippen molar-refractivity contribution in [3.8, 4) is 0 Å². The number of carbonyl (C=O) groups is 2. The van der Waals surface area contributed by atoms with Gasteiger partial charge in [-0.15, -0.1) is 0 Å². The fourth-order valence-corrected chi connectivity index (χ4v) is 2.35. The van der Waals surface area contributed by atoms with Crippen LogP contribution >= 0.6 is 11.8 Å². The Morgan fingerprint density at radius 3 is 2.50 bits per heavy atom. The lowest BCUT2D eigenvalue weighted by molar-refractivity contribution is -0.119. The Kier molecular flexibility index (Phi) is 7.51. The molecule has 1 aromatic rings. The quantitative estimate of drug-likeness (QED) is 0.759. The van der Waals surface area contributed by atoms with Gasteiger partial charge in [0.1, 0.15) is 11.8 Å². The Hall–Kier alpha value is -1.17. The molecule has 4 nitrogen and oxygen atoms in total. The Balaban J connectivity index is 2.36. The SMILES string of the molecule is CSC(=O)[C@H](NCC(=O)CCc1ccccc1)[C@@H](C)O. The number of nitrogens with one attached hydrogen (secondary N) is 1. The van der Waals surface area contributed by atoms with Crippen molar-refractivity contribution in [3.05, 3.63) is 35.9 Å². The van der Waals surface area contributed by atoms with Gasteiger partial charge in [-0.3, -0.25) is 14.9 Å². The van der Waals surface area contributed by atoms with Crippen LogP contribution in [0.2, 0.25) is 0 Å². The zero-order valence-electron chi connectivity index (χ0n) is 11.8. The van der Waals surface area contributed by atoms with Crippen LogP contribution in [0.25, 0.3) is 0 Å². The van der Waals surface area contributed by atoms with Crippen molar-refractivity contribution in [3.63, 3.8) is 0 Å². The molecule has 0 saturated heterocycles. The predicted molar refractivity (Wildman–Crippen MR) is 81.8 cm³/mol. The van der Waals surface area contributed by atoms with Gasteiger partial charge in [0, 0.05) is 6.42 Å². The van der Waals surface area contributed by atoms with Crippen molar-refractivity contribution in [2.75, 3.05) is 12.8 Å². The Morgan fingerprint density at radius 1 is 1.30 bits per heavy atom. The van der Waals surface area contributed by atoms with Gasteiger partial charge in [0.25, 0.3) is 0 Å². The highest BCUT2D eigenvalue weighted by Crippen LogP contribution is 2.06. The van der Waals surface area contributed by atoms with Gasteiger partial charge in [0.05, 0.1) is 12.6 Å². The topological polar surface area (TPSA) is 66.4 Å². The molecule has 0 unspecified atom stereocenters. The summed E-state index contributed by atoms with van der Waals surface area (Å²) in [5.74, 6) is 0.0356. The van der Waals surface area contributed by atoms with E-state index in [-0.39, 0.29) is 17.4 Å². The molecule has 0 fully saturated rings. The first-order valence-electron chi connectivity index (χ1n) is 6.59. The number of aliphatic hydroxyl groups excluding tert-OH is 1. The van der Waals surface area contributed by atoms with E-state index in [1.165, 1.54) is 0 Å². The van der Waals surface area contributed by atoms with E-state index in [1.807, 2.05) is 30.3 Å². The highest BCUT2D eigenvalue weighted by atomic mass is 32.2. The minimum absolute atomic E-state index is 0.0356. The van der Waals surface area contributed by atoms with Gasteiger partial charge in [0.15, 0.2) is 0 Å².